The lowest BCUT2D eigenvalue weighted by Crippen LogP contribution is -2.39. The zero-order valence-corrected chi connectivity index (χ0v) is 24.6. The summed E-state index contributed by atoms with van der Waals surface area (Å²) in [5, 5.41) is 4.96. The maximum Gasteiger partial charge on any atom is 0.344 e. The summed E-state index contributed by atoms with van der Waals surface area (Å²) in [6.07, 6.45) is 3.55. The number of sulfonamides is 1. The fourth-order valence-electron chi connectivity index (χ4n) is 5.91. The fraction of sp³-hybridized carbons (Fsp3) is 0.414. The van der Waals surface area contributed by atoms with Gasteiger partial charge in [-0.05, 0) is 62.1 Å². The van der Waals surface area contributed by atoms with Crippen molar-refractivity contribution in [3.8, 4) is 11.3 Å². The van der Waals surface area contributed by atoms with E-state index in [1.807, 2.05) is 12.1 Å². The first-order valence-corrected chi connectivity index (χ1v) is 16.1. The van der Waals surface area contributed by atoms with Gasteiger partial charge in [-0.1, -0.05) is 41.3 Å². The number of carbonyl (C=O) groups is 2. The van der Waals surface area contributed by atoms with Crippen LogP contribution >= 0.6 is 23.2 Å². The van der Waals surface area contributed by atoms with Crippen LogP contribution in [0.5, 0.6) is 0 Å². The summed E-state index contributed by atoms with van der Waals surface area (Å²) >= 11 is 12.9. The molecule has 1 N–H and O–H groups in total. The second kappa shape index (κ2) is 11.0. The standard InChI is InChI=1S/C29H29Cl2N3O6S/c1-2-12-41(37,38)33-28(35)17-8-10-19(11-9-17)34-15-18-13-20(34)14-23(18)39-29(36)25-26(32-40-27(25)16-6-7-16)24-21(30)4-3-5-22(24)31/h3-5,8-11,16,18,20,23H,2,6-7,12-15H2,1H3,(H,33,35). The molecule has 9 nitrogen and oxygen atoms in total. The molecule has 216 valence electrons. The number of nitrogens with one attached hydrogen (secondary N) is 1. The molecule has 1 amide bonds. The molecule has 3 aromatic rings. The molecular weight excluding hydrogens is 589 g/mol. The van der Waals surface area contributed by atoms with Crippen LogP contribution in [-0.4, -0.2) is 49.9 Å². The number of hydrogen-bond donors (Lipinski definition) is 1. The number of anilines is 1. The van der Waals surface area contributed by atoms with Gasteiger partial charge in [-0.25, -0.2) is 17.9 Å². The number of halogens is 2. The molecule has 12 heteroatoms. The predicted octanol–water partition coefficient (Wildman–Crippen LogP) is 5.82. The second-order valence-electron chi connectivity index (χ2n) is 10.9. The molecule has 2 heterocycles. The first-order chi connectivity index (χ1) is 19.6. The summed E-state index contributed by atoms with van der Waals surface area (Å²) in [6, 6.07) is 12.2. The predicted molar refractivity (Wildman–Crippen MR) is 155 cm³/mol. The van der Waals surface area contributed by atoms with E-state index in [0.717, 1.165) is 24.9 Å². The van der Waals surface area contributed by atoms with Gasteiger partial charge in [0.15, 0.2) is 5.76 Å². The molecule has 0 radical (unpaired) electrons. The lowest BCUT2D eigenvalue weighted by atomic mass is 10.0. The fourth-order valence-corrected chi connectivity index (χ4v) is 7.52. The van der Waals surface area contributed by atoms with Gasteiger partial charge in [-0.2, -0.15) is 0 Å². The van der Waals surface area contributed by atoms with Crippen LogP contribution in [0, 0.1) is 5.92 Å². The Hall–Kier alpha value is -3.08. The third-order valence-electron chi connectivity index (χ3n) is 7.99. The summed E-state index contributed by atoms with van der Waals surface area (Å²) in [5.41, 5.74) is 2.28. The summed E-state index contributed by atoms with van der Waals surface area (Å²) in [5.74, 6) is -0.422. The van der Waals surface area contributed by atoms with Gasteiger partial charge in [0.2, 0.25) is 10.0 Å². The molecule has 1 aliphatic heterocycles. The van der Waals surface area contributed by atoms with E-state index in [4.69, 9.17) is 32.5 Å². The van der Waals surface area contributed by atoms with Crippen LogP contribution in [-0.2, 0) is 14.8 Å². The third kappa shape index (κ3) is 5.57. The summed E-state index contributed by atoms with van der Waals surface area (Å²) in [7, 11) is -3.65. The molecule has 2 bridgehead atoms. The molecule has 6 rings (SSSR count). The smallest absolute Gasteiger partial charge is 0.344 e. The van der Waals surface area contributed by atoms with Crippen LogP contribution < -0.4 is 9.62 Å². The Morgan fingerprint density at radius 2 is 1.80 bits per heavy atom. The highest BCUT2D eigenvalue weighted by Crippen LogP contribution is 2.47. The van der Waals surface area contributed by atoms with Crippen molar-refractivity contribution >= 4 is 50.8 Å². The average molecular weight is 619 g/mol. The lowest BCUT2D eigenvalue weighted by Gasteiger charge is -2.33. The van der Waals surface area contributed by atoms with Gasteiger partial charge in [-0.3, -0.25) is 4.79 Å². The zero-order chi connectivity index (χ0) is 28.9. The number of piperidine rings is 1. The number of esters is 1. The number of fused-ring (bicyclic) bond motifs is 2. The summed E-state index contributed by atoms with van der Waals surface area (Å²) < 4.78 is 37.7. The number of nitrogens with zero attached hydrogens (tertiary/aromatic N) is 2. The third-order valence-corrected chi connectivity index (χ3v) is 10.1. The quantitative estimate of drug-likeness (QED) is 0.298. The maximum atomic E-state index is 13.6. The topological polar surface area (TPSA) is 119 Å². The summed E-state index contributed by atoms with van der Waals surface area (Å²) in [4.78, 5) is 28.2. The van der Waals surface area contributed by atoms with Crippen molar-refractivity contribution in [2.45, 2.75) is 57.1 Å². The SMILES string of the molecule is CCCS(=O)(=O)NC(=O)c1ccc(N2CC3CC2CC3OC(=O)c2c(-c3c(Cl)cccc3Cl)noc2C2CC2)cc1. The number of carbonyl (C=O) groups excluding carboxylic acids is 2. The van der Waals surface area contributed by atoms with Crippen LogP contribution in [0.2, 0.25) is 10.0 Å². The van der Waals surface area contributed by atoms with Crippen LogP contribution in [0.1, 0.15) is 71.4 Å². The Morgan fingerprint density at radius 1 is 1.10 bits per heavy atom. The Morgan fingerprint density at radius 3 is 2.41 bits per heavy atom. The minimum Gasteiger partial charge on any atom is -0.458 e. The minimum atomic E-state index is -3.65. The van der Waals surface area contributed by atoms with E-state index in [1.165, 1.54) is 0 Å². The largest absolute Gasteiger partial charge is 0.458 e. The van der Waals surface area contributed by atoms with Crippen molar-refractivity contribution in [1.82, 2.24) is 9.88 Å². The maximum absolute atomic E-state index is 13.6. The van der Waals surface area contributed by atoms with Crippen molar-refractivity contribution in [3.05, 3.63) is 69.4 Å². The molecule has 3 fully saturated rings. The Bertz CT molecular complexity index is 1580. The van der Waals surface area contributed by atoms with Gasteiger partial charge in [-0.15, -0.1) is 0 Å². The molecular formula is C29H29Cl2N3O6S. The van der Waals surface area contributed by atoms with E-state index in [0.29, 0.717) is 52.0 Å². The van der Waals surface area contributed by atoms with Crippen LogP contribution in [0.3, 0.4) is 0 Å². The molecule has 1 saturated heterocycles. The molecule has 2 aromatic carbocycles. The van der Waals surface area contributed by atoms with E-state index in [-0.39, 0.29) is 35.3 Å². The Balaban J connectivity index is 1.14. The van der Waals surface area contributed by atoms with Gasteiger partial charge in [0.25, 0.3) is 5.91 Å². The van der Waals surface area contributed by atoms with Gasteiger partial charge in [0, 0.05) is 47.7 Å². The second-order valence-corrected chi connectivity index (χ2v) is 13.6. The van der Waals surface area contributed by atoms with Gasteiger partial charge in [0.05, 0.1) is 15.8 Å². The van der Waals surface area contributed by atoms with Gasteiger partial charge < -0.3 is 14.2 Å². The van der Waals surface area contributed by atoms with Crippen molar-refractivity contribution in [3.63, 3.8) is 0 Å². The van der Waals surface area contributed by atoms with Gasteiger partial charge >= 0.3 is 5.97 Å². The Labute approximate surface area is 248 Å². The lowest BCUT2D eigenvalue weighted by molar-refractivity contribution is 0.0191. The van der Waals surface area contributed by atoms with E-state index < -0.39 is 21.9 Å². The first kappa shape index (κ1) is 28.1. The highest BCUT2D eigenvalue weighted by Gasteiger charge is 2.47. The van der Waals surface area contributed by atoms with Crippen molar-refractivity contribution in [2.24, 2.45) is 5.92 Å². The van der Waals surface area contributed by atoms with Crippen LogP contribution in [0.4, 0.5) is 5.69 Å². The minimum absolute atomic E-state index is 0.104. The highest BCUT2D eigenvalue weighted by molar-refractivity contribution is 7.90. The van der Waals surface area contributed by atoms with E-state index in [9.17, 15) is 18.0 Å². The molecule has 3 atom stereocenters. The normalized spacial score (nSPS) is 21.7. The highest BCUT2D eigenvalue weighted by atomic mass is 35.5. The van der Waals surface area contributed by atoms with E-state index in [1.54, 1.807) is 37.3 Å². The monoisotopic (exact) mass is 617 g/mol. The van der Waals surface area contributed by atoms with Crippen LogP contribution in [0.25, 0.3) is 11.3 Å². The molecule has 2 saturated carbocycles. The number of hydrogen-bond acceptors (Lipinski definition) is 8. The van der Waals surface area contributed by atoms with Crippen molar-refractivity contribution in [2.75, 3.05) is 17.2 Å². The molecule has 3 unspecified atom stereocenters. The number of ether oxygens (including phenoxy) is 1. The number of benzene rings is 2. The summed E-state index contributed by atoms with van der Waals surface area (Å²) in [6.45, 7) is 2.43. The van der Waals surface area contributed by atoms with Gasteiger partial charge in [0.1, 0.15) is 17.4 Å². The molecule has 1 aromatic heterocycles. The van der Waals surface area contributed by atoms with Crippen molar-refractivity contribution in [1.29, 1.82) is 0 Å². The Kier molecular flexibility index (Phi) is 7.50. The zero-order valence-electron chi connectivity index (χ0n) is 22.3. The van der Waals surface area contributed by atoms with E-state index in [2.05, 4.69) is 14.8 Å². The number of rotatable bonds is 9. The van der Waals surface area contributed by atoms with Crippen molar-refractivity contribution < 1.29 is 27.3 Å². The van der Waals surface area contributed by atoms with E-state index >= 15 is 0 Å². The first-order valence-electron chi connectivity index (χ1n) is 13.7. The molecule has 0 spiro atoms. The molecule has 2 aliphatic carbocycles. The number of amides is 1. The molecule has 3 aliphatic rings. The number of aromatic nitrogens is 1. The van der Waals surface area contributed by atoms with Crippen LogP contribution in [0.15, 0.2) is 47.0 Å². The average Bonchev–Trinajstić information content (AvgIpc) is 3.37. The molecule has 41 heavy (non-hydrogen) atoms.